The van der Waals surface area contributed by atoms with Gasteiger partial charge in [0.2, 0.25) is 0 Å². The molecule has 0 radical (unpaired) electrons. The van der Waals surface area contributed by atoms with Crippen LogP contribution in [0.2, 0.25) is 0 Å². The number of aromatic nitrogens is 3. The molecule has 0 bridgehead atoms. The number of imidazole rings is 1. The summed E-state index contributed by atoms with van der Waals surface area (Å²) in [5.74, 6) is 0.887. The standard InChI is InChI=1S/C11H15N3O/c1-7-9(3)14(6-12-7)5-11-8(2)13-15-10(11)4/h6H,5H2,1-4H3. The van der Waals surface area contributed by atoms with Crippen molar-refractivity contribution < 1.29 is 4.52 Å². The first-order chi connectivity index (χ1) is 7.09. The summed E-state index contributed by atoms with van der Waals surface area (Å²) in [5.41, 5.74) is 4.37. The minimum Gasteiger partial charge on any atom is -0.361 e. The summed E-state index contributed by atoms with van der Waals surface area (Å²) in [5, 5.41) is 3.94. The van der Waals surface area contributed by atoms with E-state index in [1.807, 2.05) is 27.1 Å². The number of hydrogen-bond acceptors (Lipinski definition) is 3. The lowest BCUT2D eigenvalue weighted by atomic mass is 10.2. The summed E-state index contributed by atoms with van der Waals surface area (Å²) >= 11 is 0. The molecule has 0 aliphatic rings. The zero-order valence-electron chi connectivity index (χ0n) is 9.53. The van der Waals surface area contributed by atoms with E-state index >= 15 is 0 Å². The molecule has 0 aliphatic heterocycles. The first-order valence-electron chi connectivity index (χ1n) is 4.99. The van der Waals surface area contributed by atoms with E-state index in [1.165, 1.54) is 5.69 Å². The number of hydrogen-bond donors (Lipinski definition) is 0. The maximum atomic E-state index is 5.13. The predicted octanol–water partition coefficient (Wildman–Crippen LogP) is 2.15. The van der Waals surface area contributed by atoms with Crippen LogP contribution in [-0.4, -0.2) is 14.7 Å². The number of rotatable bonds is 2. The highest BCUT2D eigenvalue weighted by molar-refractivity contribution is 5.22. The quantitative estimate of drug-likeness (QED) is 0.754. The van der Waals surface area contributed by atoms with Gasteiger partial charge in [0.25, 0.3) is 0 Å². The summed E-state index contributed by atoms with van der Waals surface area (Å²) in [6.07, 6.45) is 1.86. The average Bonchev–Trinajstić information content (AvgIpc) is 2.68. The van der Waals surface area contributed by atoms with Crippen LogP contribution in [0.5, 0.6) is 0 Å². The van der Waals surface area contributed by atoms with E-state index in [0.29, 0.717) is 0 Å². The molecule has 0 spiro atoms. The molecule has 0 aromatic carbocycles. The SMILES string of the molecule is Cc1noc(C)c1Cn1cnc(C)c1C. The van der Waals surface area contributed by atoms with E-state index in [0.717, 1.165) is 29.3 Å². The summed E-state index contributed by atoms with van der Waals surface area (Å²) in [6.45, 7) is 8.77. The molecule has 4 heteroatoms. The normalized spacial score (nSPS) is 10.9. The van der Waals surface area contributed by atoms with Gasteiger partial charge in [-0.25, -0.2) is 4.98 Å². The van der Waals surface area contributed by atoms with E-state index in [1.54, 1.807) is 0 Å². The van der Waals surface area contributed by atoms with Crippen LogP contribution in [0, 0.1) is 27.7 Å². The second kappa shape index (κ2) is 3.53. The van der Waals surface area contributed by atoms with Gasteiger partial charge in [-0.3, -0.25) is 0 Å². The fraction of sp³-hybridized carbons (Fsp3) is 0.455. The molecule has 80 valence electrons. The Hall–Kier alpha value is -1.58. The van der Waals surface area contributed by atoms with Gasteiger partial charge in [-0.15, -0.1) is 0 Å². The van der Waals surface area contributed by atoms with Crippen molar-refractivity contribution in [3.63, 3.8) is 0 Å². The largest absolute Gasteiger partial charge is 0.361 e. The van der Waals surface area contributed by atoms with Crippen LogP contribution in [0.3, 0.4) is 0 Å². The minimum atomic E-state index is 0.786. The van der Waals surface area contributed by atoms with E-state index < -0.39 is 0 Å². The first-order valence-corrected chi connectivity index (χ1v) is 4.99. The molecule has 0 fully saturated rings. The molecule has 4 nitrogen and oxygen atoms in total. The zero-order valence-corrected chi connectivity index (χ0v) is 9.53. The highest BCUT2D eigenvalue weighted by Gasteiger charge is 2.11. The van der Waals surface area contributed by atoms with Crippen LogP contribution in [0.25, 0.3) is 0 Å². The van der Waals surface area contributed by atoms with Crippen molar-refractivity contribution in [1.82, 2.24) is 14.7 Å². The van der Waals surface area contributed by atoms with Gasteiger partial charge >= 0.3 is 0 Å². The van der Waals surface area contributed by atoms with Gasteiger partial charge in [0.05, 0.1) is 24.3 Å². The molecule has 0 saturated heterocycles. The molecule has 2 heterocycles. The minimum absolute atomic E-state index is 0.786. The van der Waals surface area contributed by atoms with Crippen molar-refractivity contribution in [1.29, 1.82) is 0 Å². The van der Waals surface area contributed by atoms with Crippen LogP contribution in [0.4, 0.5) is 0 Å². The highest BCUT2D eigenvalue weighted by atomic mass is 16.5. The summed E-state index contributed by atoms with van der Waals surface area (Å²) < 4.78 is 7.24. The Morgan fingerprint density at radius 3 is 2.40 bits per heavy atom. The molecule has 2 aromatic rings. The fourth-order valence-electron chi connectivity index (χ4n) is 1.60. The van der Waals surface area contributed by atoms with Gasteiger partial charge < -0.3 is 9.09 Å². The van der Waals surface area contributed by atoms with Gasteiger partial charge in [0.1, 0.15) is 5.76 Å². The van der Waals surface area contributed by atoms with E-state index in [4.69, 9.17) is 4.52 Å². The third-order valence-electron chi connectivity index (χ3n) is 2.85. The number of nitrogens with zero attached hydrogens (tertiary/aromatic N) is 3. The van der Waals surface area contributed by atoms with Gasteiger partial charge in [-0.05, 0) is 27.7 Å². The zero-order chi connectivity index (χ0) is 11.0. The van der Waals surface area contributed by atoms with Gasteiger partial charge in [0.15, 0.2) is 0 Å². The Labute approximate surface area is 88.9 Å². The Morgan fingerprint density at radius 2 is 1.93 bits per heavy atom. The molecule has 0 aliphatic carbocycles. The summed E-state index contributed by atoms with van der Waals surface area (Å²) in [6, 6.07) is 0. The van der Waals surface area contributed by atoms with Crippen LogP contribution >= 0.6 is 0 Å². The third-order valence-corrected chi connectivity index (χ3v) is 2.85. The Morgan fingerprint density at radius 1 is 1.20 bits per heavy atom. The second-order valence-electron chi connectivity index (χ2n) is 3.85. The molecule has 15 heavy (non-hydrogen) atoms. The molecule has 2 rings (SSSR count). The monoisotopic (exact) mass is 205 g/mol. The topological polar surface area (TPSA) is 43.9 Å². The highest BCUT2D eigenvalue weighted by Crippen LogP contribution is 2.15. The van der Waals surface area contributed by atoms with Crippen molar-refractivity contribution in [3.8, 4) is 0 Å². The Balaban J connectivity index is 2.33. The molecular weight excluding hydrogens is 190 g/mol. The van der Waals surface area contributed by atoms with Gasteiger partial charge in [-0.1, -0.05) is 5.16 Å². The average molecular weight is 205 g/mol. The van der Waals surface area contributed by atoms with Crippen molar-refractivity contribution in [2.45, 2.75) is 34.2 Å². The lowest BCUT2D eigenvalue weighted by Gasteiger charge is -2.04. The van der Waals surface area contributed by atoms with Crippen molar-refractivity contribution in [2.24, 2.45) is 0 Å². The van der Waals surface area contributed by atoms with E-state index in [-0.39, 0.29) is 0 Å². The fourth-order valence-corrected chi connectivity index (χ4v) is 1.60. The van der Waals surface area contributed by atoms with Crippen LogP contribution in [-0.2, 0) is 6.54 Å². The predicted molar refractivity (Wildman–Crippen MR) is 56.8 cm³/mol. The van der Waals surface area contributed by atoms with Crippen LogP contribution in [0.1, 0.15) is 28.4 Å². The molecule has 0 unspecified atom stereocenters. The third kappa shape index (κ3) is 1.67. The molecule has 0 saturated carbocycles. The van der Waals surface area contributed by atoms with E-state index in [9.17, 15) is 0 Å². The van der Waals surface area contributed by atoms with Gasteiger partial charge in [0, 0.05) is 11.3 Å². The summed E-state index contributed by atoms with van der Waals surface area (Å²) in [7, 11) is 0. The maximum Gasteiger partial charge on any atom is 0.138 e. The molecule has 0 atom stereocenters. The number of aryl methyl sites for hydroxylation is 3. The van der Waals surface area contributed by atoms with Crippen LogP contribution < -0.4 is 0 Å². The van der Waals surface area contributed by atoms with Gasteiger partial charge in [-0.2, -0.15) is 0 Å². The first kappa shape index (κ1) is 9.96. The summed E-state index contributed by atoms with van der Waals surface area (Å²) in [4.78, 5) is 4.27. The second-order valence-corrected chi connectivity index (χ2v) is 3.85. The van der Waals surface area contributed by atoms with Crippen molar-refractivity contribution in [3.05, 3.63) is 34.7 Å². The maximum absolute atomic E-state index is 5.13. The lowest BCUT2D eigenvalue weighted by Crippen LogP contribution is -2.02. The molecular formula is C11H15N3O. The van der Waals surface area contributed by atoms with Crippen molar-refractivity contribution >= 4 is 0 Å². The Kier molecular flexibility index (Phi) is 2.34. The molecule has 0 amide bonds. The lowest BCUT2D eigenvalue weighted by molar-refractivity contribution is 0.392. The van der Waals surface area contributed by atoms with Crippen LogP contribution in [0.15, 0.2) is 10.9 Å². The Bertz CT molecular complexity index is 462. The van der Waals surface area contributed by atoms with Crippen molar-refractivity contribution in [2.75, 3.05) is 0 Å². The smallest absolute Gasteiger partial charge is 0.138 e. The van der Waals surface area contributed by atoms with E-state index in [2.05, 4.69) is 21.6 Å². The molecule has 2 aromatic heterocycles. The molecule has 0 N–H and O–H groups in total.